The van der Waals surface area contributed by atoms with Crippen molar-refractivity contribution < 1.29 is 18.6 Å². The van der Waals surface area contributed by atoms with Crippen LogP contribution in [0.15, 0.2) is 22.7 Å². The summed E-state index contributed by atoms with van der Waals surface area (Å²) >= 11 is 0. The average molecular weight is 335 g/mol. The largest absolute Gasteiger partial charge is 0.371 e. The maximum atomic E-state index is 13.5. The second-order valence-electron chi connectivity index (χ2n) is 5.86. The highest BCUT2D eigenvalue weighted by atomic mass is 19.1. The van der Waals surface area contributed by atoms with Crippen LogP contribution < -0.4 is 4.90 Å². The van der Waals surface area contributed by atoms with Crippen molar-refractivity contribution in [2.24, 2.45) is 0 Å². The maximum absolute atomic E-state index is 13.5. The minimum absolute atomic E-state index is 0.0819. The number of aryl methyl sites for hydroxylation is 2. The predicted octanol–water partition coefficient (Wildman–Crippen LogP) is 3.13. The fourth-order valence-electron chi connectivity index (χ4n) is 2.90. The van der Waals surface area contributed by atoms with Gasteiger partial charge < -0.3 is 14.2 Å². The summed E-state index contributed by atoms with van der Waals surface area (Å²) in [7, 11) is 0. The third-order valence-electron chi connectivity index (χ3n) is 4.26. The summed E-state index contributed by atoms with van der Waals surface area (Å²) in [6.07, 6.45) is 0.637. The minimum atomic E-state index is -0.493. The van der Waals surface area contributed by atoms with Crippen molar-refractivity contribution >= 4 is 11.4 Å². The highest BCUT2D eigenvalue weighted by Gasteiger charge is 2.29. The van der Waals surface area contributed by atoms with Crippen LogP contribution in [0.25, 0.3) is 0 Å². The molecule has 1 unspecified atom stereocenters. The summed E-state index contributed by atoms with van der Waals surface area (Å²) in [5.41, 5.74) is 1.92. The molecule has 7 nitrogen and oxygen atoms in total. The first-order chi connectivity index (χ1) is 11.5. The number of nitrogens with zero attached hydrogens (tertiary/aromatic N) is 3. The molecule has 0 radical (unpaired) electrons. The molecule has 0 amide bonds. The lowest BCUT2D eigenvalue weighted by atomic mass is 10.2. The van der Waals surface area contributed by atoms with Gasteiger partial charge in [-0.05, 0) is 26.3 Å². The highest BCUT2D eigenvalue weighted by Crippen LogP contribution is 2.32. The number of halogens is 1. The maximum Gasteiger partial charge on any atom is 0.292 e. The van der Waals surface area contributed by atoms with E-state index in [1.165, 1.54) is 12.1 Å². The van der Waals surface area contributed by atoms with E-state index in [1.807, 2.05) is 13.8 Å². The first-order valence-corrected chi connectivity index (χ1v) is 7.68. The van der Waals surface area contributed by atoms with E-state index >= 15 is 0 Å². The molecule has 0 aliphatic carbocycles. The zero-order chi connectivity index (χ0) is 17.3. The van der Waals surface area contributed by atoms with Crippen molar-refractivity contribution in [3.05, 3.63) is 51.1 Å². The molecular formula is C16H18FN3O4. The van der Waals surface area contributed by atoms with E-state index < -0.39 is 10.7 Å². The van der Waals surface area contributed by atoms with E-state index in [0.717, 1.165) is 29.5 Å². The van der Waals surface area contributed by atoms with Gasteiger partial charge in [-0.1, -0.05) is 5.16 Å². The summed E-state index contributed by atoms with van der Waals surface area (Å²) in [5, 5.41) is 15.0. The monoisotopic (exact) mass is 335 g/mol. The molecule has 1 aliphatic heterocycles. The van der Waals surface area contributed by atoms with Gasteiger partial charge in [-0.2, -0.15) is 0 Å². The molecule has 1 aliphatic rings. The number of ether oxygens (including phenoxy) is 1. The zero-order valence-corrected chi connectivity index (χ0v) is 13.5. The molecule has 1 saturated heterocycles. The van der Waals surface area contributed by atoms with Crippen LogP contribution in [0.5, 0.6) is 0 Å². The van der Waals surface area contributed by atoms with Crippen molar-refractivity contribution in [2.75, 3.05) is 18.0 Å². The Kier molecular flexibility index (Phi) is 4.48. The standard InChI is InChI=1S/C16H18FN3O4/c1-10-14(11(2)24-18-10)9-23-13-5-6-19(8-13)16-7-12(17)3-4-15(16)20(21)22/h3-4,7,13H,5-6,8-9H2,1-2H3. The van der Waals surface area contributed by atoms with Crippen LogP contribution in [-0.4, -0.2) is 29.3 Å². The number of nitro benzene ring substituents is 1. The lowest BCUT2D eigenvalue weighted by Gasteiger charge is -2.18. The van der Waals surface area contributed by atoms with Crippen molar-refractivity contribution in [3.63, 3.8) is 0 Å². The lowest BCUT2D eigenvalue weighted by molar-refractivity contribution is -0.384. The first-order valence-electron chi connectivity index (χ1n) is 7.68. The van der Waals surface area contributed by atoms with Crippen LogP contribution in [0, 0.1) is 29.8 Å². The van der Waals surface area contributed by atoms with Crippen LogP contribution >= 0.6 is 0 Å². The quantitative estimate of drug-likeness (QED) is 0.617. The van der Waals surface area contributed by atoms with Crippen molar-refractivity contribution in [1.82, 2.24) is 5.16 Å². The smallest absolute Gasteiger partial charge is 0.292 e. The second-order valence-corrected chi connectivity index (χ2v) is 5.86. The molecule has 1 aromatic heterocycles. The third-order valence-corrected chi connectivity index (χ3v) is 4.26. The van der Waals surface area contributed by atoms with Gasteiger partial charge in [0.2, 0.25) is 0 Å². The van der Waals surface area contributed by atoms with Crippen molar-refractivity contribution in [2.45, 2.75) is 33.0 Å². The van der Waals surface area contributed by atoms with Gasteiger partial charge >= 0.3 is 0 Å². The van der Waals surface area contributed by atoms with E-state index in [0.29, 0.717) is 25.4 Å². The Balaban J connectivity index is 1.68. The number of anilines is 1. The van der Waals surface area contributed by atoms with Gasteiger partial charge in [0.25, 0.3) is 5.69 Å². The fourth-order valence-corrected chi connectivity index (χ4v) is 2.90. The molecule has 1 atom stereocenters. The lowest BCUT2D eigenvalue weighted by Crippen LogP contribution is -2.23. The Bertz CT molecular complexity index is 742. The van der Waals surface area contributed by atoms with Crippen molar-refractivity contribution in [1.29, 1.82) is 0 Å². The van der Waals surface area contributed by atoms with Gasteiger partial charge in [0, 0.05) is 30.8 Å². The van der Waals surface area contributed by atoms with Gasteiger partial charge in [-0.25, -0.2) is 4.39 Å². The molecule has 128 valence electrons. The topological polar surface area (TPSA) is 81.6 Å². The van der Waals surface area contributed by atoms with Crippen LogP contribution in [0.4, 0.5) is 15.8 Å². The molecule has 0 bridgehead atoms. The second kappa shape index (κ2) is 6.56. The summed E-state index contributed by atoms with van der Waals surface area (Å²) < 4.78 is 24.5. The Morgan fingerprint density at radius 2 is 2.29 bits per heavy atom. The van der Waals surface area contributed by atoms with Gasteiger partial charge in [0.1, 0.15) is 17.3 Å². The summed E-state index contributed by atoms with van der Waals surface area (Å²) in [4.78, 5) is 12.4. The predicted molar refractivity (Wildman–Crippen MR) is 84.4 cm³/mol. The number of aromatic nitrogens is 1. The molecule has 1 fully saturated rings. The third kappa shape index (κ3) is 3.23. The molecule has 0 saturated carbocycles. The average Bonchev–Trinajstić information content (AvgIpc) is 3.12. The van der Waals surface area contributed by atoms with Crippen LogP contribution in [0.1, 0.15) is 23.4 Å². The van der Waals surface area contributed by atoms with E-state index in [9.17, 15) is 14.5 Å². The fraction of sp³-hybridized carbons (Fsp3) is 0.438. The van der Waals surface area contributed by atoms with Crippen LogP contribution in [0.2, 0.25) is 0 Å². The molecule has 3 rings (SSSR count). The van der Waals surface area contributed by atoms with E-state index in [2.05, 4.69) is 5.16 Å². The summed E-state index contributed by atoms with van der Waals surface area (Å²) in [6, 6.07) is 3.50. The molecule has 1 aromatic carbocycles. The number of hydrogen-bond acceptors (Lipinski definition) is 6. The number of hydrogen-bond donors (Lipinski definition) is 0. The highest BCUT2D eigenvalue weighted by molar-refractivity contribution is 5.63. The molecule has 8 heteroatoms. The molecule has 24 heavy (non-hydrogen) atoms. The Morgan fingerprint density at radius 3 is 2.96 bits per heavy atom. The number of nitro groups is 1. The first kappa shape index (κ1) is 16.4. The Labute approximate surface area is 138 Å². The molecule has 0 spiro atoms. The van der Waals surface area contributed by atoms with E-state index in [4.69, 9.17) is 9.26 Å². The van der Waals surface area contributed by atoms with Crippen LogP contribution in [0.3, 0.4) is 0 Å². The van der Waals surface area contributed by atoms with Crippen LogP contribution in [-0.2, 0) is 11.3 Å². The SMILES string of the molecule is Cc1noc(C)c1COC1CCN(c2cc(F)ccc2[N+](=O)[O-])C1. The number of benzene rings is 1. The number of rotatable bonds is 5. The Hall–Kier alpha value is -2.48. The minimum Gasteiger partial charge on any atom is -0.371 e. The molecule has 0 N–H and O–H groups in total. The normalized spacial score (nSPS) is 17.5. The van der Waals surface area contributed by atoms with Crippen molar-refractivity contribution in [3.8, 4) is 0 Å². The zero-order valence-electron chi connectivity index (χ0n) is 13.5. The van der Waals surface area contributed by atoms with Gasteiger partial charge in [0.05, 0.1) is 23.3 Å². The van der Waals surface area contributed by atoms with E-state index in [-0.39, 0.29) is 11.8 Å². The van der Waals surface area contributed by atoms with Gasteiger partial charge in [0.15, 0.2) is 0 Å². The molecule has 2 heterocycles. The van der Waals surface area contributed by atoms with E-state index in [1.54, 1.807) is 4.90 Å². The van der Waals surface area contributed by atoms with Gasteiger partial charge in [-0.15, -0.1) is 0 Å². The Morgan fingerprint density at radius 1 is 1.50 bits per heavy atom. The summed E-state index contributed by atoms with van der Waals surface area (Å²) in [5.74, 6) is 0.235. The molecule has 2 aromatic rings. The van der Waals surface area contributed by atoms with Gasteiger partial charge in [-0.3, -0.25) is 10.1 Å². The molecular weight excluding hydrogens is 317 g/mol. The summed E-state index contributed by atoms with van der Waals surface area (Å²) in [6.45, 7) is 5.12.